The molecule has 1 aliphatic rings. The summed E-state index contributed by atoms with van der Waals surface area (Å²) in [6, 6.07) is 8.94. The second kappa shape index (κ2) is 6.72. The fourth-order valence-electron chi connectivity index (χ4n) is 2.32. The van der Waals surface area contributed by atoms with Crippen molar-refractivity contribution in [3.05, 3.63) is 47.0 Å². The maximum absolute atomic E-state index is 3.38. The Kier molecular flexibility index (Phi) is 4.97. The number of hydrogen-bond donors (Lipinski definition) is 1. The van der Waals surface area contributed by atoms with Crippen molar-refractivity contribution in [1.82, 2.24) is 10.2 Å². The average molecular weight is 244 g/mol. The van der Waals surface area contributed by atoms with Crippen LogP contribution in [-0.2, 0) is 13.1 Å². The van der Waals surface area contributed by atoms with Gasteiger partial charge in [-0.2, -0.15) is 0 Å². The van der Waals surface area contributed by atoms with Crippen LogP contribution in [0, 0.1) is 0 Å². The van der Waals surface area contributed by atoms with Gasteiger partial charge >= 0.3 is 0 Å². The standard InChI is InChI=1S/C16H24N2/c1-3-17-12-15-5-4-6-16(11-15)13-18-9-7-14(2)8-10-18/h4-7,11,17H,3,8-10,12-13H2,1-2H3. The molecule has 98 valence electrons. The number of benzene rings is 1. The largest absolute Gasteiger partial charge is 0.313 e. The first-order chi connectivity index (χ1) is 8.78. The molecule has 2 heteroatoms. The van der Waals surface area contributed by atoms with E-state index in [0.29, 0.717) is 0 Å². The lowest BCUT2D eigenvalue weighted by Crippen LogP contribution is -2.27. The van der Waals surface area contributed by atoms with E-state index in [4.69, 9.17) is 0 Å². The summed E-state index contributed by atoms with van der Waals surface area (Å²) in [6.07, 6.45) is 3.57. The van der Waals surface area contributed by atoms with Gasteiger partial charge in [0.25, 0.3) is 0 Å². The van der Waals surface area contributed by atoms with Crippen LogP contribution in [0.3, 0.4) is 0 Å². The monoisotopic (exact) mass is 244 g/mol. The van der Waals surface area contributed by atoms with Crippen molar-refractivity contribution in [2.24, 2.45) is 0 Å². The van der Waals surface area contributed by atoms with Crippen LogP contribution >= 0.6 is 0 Å². The summed E-state index contributed by atoms with van der Waals surface area (Å²) in [4.78, 5) is 2.51. The molecule has 0 bridgehead atoms. The minimum Gasteiger partial charge on any atom is -0.313 e. The van der Waals surface area contributed by atoms with Crippen LogP contribution in [0.4, 0.5) is 0 Å². The summed E-state index contributed by atoms with van der Waals surface area (Å²) in [6.45, 7) is 9.75. The van der Waals surface area contributed by atoms with E-state index in [0.717, 1.165) is 26.2 Å². The smallest absolute Gasteiger partial charge is 0.0237 e. The van der Waals surface area contributed by atoms with E-state index in [1.165, 1.54) is 29.7 Å². The second-order valence-corrected chi connectivity index (χ2v) is 5.14. The zero-order chi connectivity index (χ0) is 12.8. The van der Waals surface area contributed by atoms with Crippen molar-refractivity contribution in [3.63, 3.8) is 0 Å². The lowest BCUT2D eigenvalue weighted by Gasteiger charge is -2.25. The molecule has 1 aromatic rings. The quantitative estimate of drug-likeness (QED) is 0.801. The summed E-state index contributed by atoms with van der Waals surface area (Å²) in [7, 11) is 0. The van der Waals surface area contributed by atoms with Gasteiger partial charge in [0.05, 0.1) is 0 Å². The van der Waals surface area contributed by atoms with Crippen LogP contribution in [0.2, 0.25) is 0 Å². The van der Waals surface area contributed by atoms with Crippen molar-refractivity contribution >= 4 is 0 Å². The molecule has 0 fully saturated rings. The lowest BCUT2D eigenvalue weighted by atomic mass is 10.1. The predicted octanol–water partition coefficient (Wildman–Crippen LogP) is 2.95. The van der Waals surface area contributed by atoms with E-state index in [2.05, 4.69) is 54.4 Å². The SMILES string of the molecule is CCNCc1cccc(CN2CC=C(C)CC2)c1. The van der Waals surface area contributed by atoms with E-state index in [9.17, 15) is 0 Å². The number of nitrogens with one attached hydrogen (secondary N) is 1. The molecule has 0 amide bonds. The Morgan fingerprint density at radius 1 is 1.28 bits per heavy atom. The normalized spacial score (nSPS) is 16.7. The van der Waals surface area contributed by atoms with Gasteiger partial charge in [0, 0.05) is 26.2 Å². The predicted molar refractivity (Wildman–Crippen MR) is 77.5 cm³/mol. The van der Waals surface area contributed by atoms with Crippen LogP contribution in [-0.4, -0.2) is 24.5 Å². The number of hydrogen-bond acceptors (Lipinski definition) is 2. The Labute approximate surface area is 111 Å². The first-order valence-electron chi connectivity index (χ1n) is 6.94. The van der Waals surface area contributed by atoms with Gasteiger partial charge in [0.1, 0.15) is 0 Å². The number of rotatable bonds is 5. The average Bonchev–Trinajstić information content (AvgIpc) is 2.40. The van der Waals surface area contributed by atoms with Crippen LogP contribution in [0.25, 0.3) is 0 Å². The third-order valence-corrected chi connectivity index (χ3v) is 3.50. The van der Waals surface area contributed by atoms with Gasteiger partial charge in [-0.1, -0.05) is 42.8 Å². The van der Waals surface area contributed by atoms with E-state index >= 15 is 0 Å². The summed E-state index contributed by atoms with van der Waals surface area (Å²) < 4.78 is 0. The van der Waals surface area contributed by atoms with E-state index in [-0.39, 0.29) is 0 Å². The molecule has 0 unspecified atom stereocenters. The highest BCUT2D eigenvalue weighted by atomic mass is 15.1. The Bertz CT molecular complexity index is 409. The molecule has 0 radical (unpaired) electrons. The highest BCUT2D eigenvalue weighted by molar-refractivity contribution is 5.23. The highest BCUT2D eigenvalue weighted by Crippen LogP contribution is 2.14. The second-order valence-electron chi connectivity index (χ2n) is 5.14. The fraction of sp³-hybridized carbons (Fsp3) is 0.500. The van der Waals surface area contributed by atoms with Crippen molar-refractivity contribution < 1.29 is 0 Å². The fourth-order valence-corrected chi connectivity index (χ4v) is 2.32. The van der Waals surface area contributed by atoms with Gasteiger partial charge < -0.3 is 5.32 Å². The Balaban J connectivity index is 1.92. The van der Waals surface area contributed by atoms with Gasteiger partial charge in [0.2, 0.25) is 0 Å². The molecular weight excluding hydrogens is 220 g/mol. The van der Waals surface area contributed by atoms with E-state index in [1.54, 1.807) is 0 Å². The third kappa shape index (κ3) is 3.97. The minimum atomic E-state index is 0.976. The van der Waals surface area contributed by atoms with Crippen molar-refractivity contribution in [3.8, 4) is 0 Å². The summed E-state index contributed by atoms with van der Waals surface area (Å²) in [5.74, 6) is 0. The molecule has 0 atom stereocenters. The van der Waals surface area contributed by atoms with Crippen LogP contribution in [0.15, 0.2) is 35.9 Å². The highest BCUT2D eigenvalue weighted by Gasteiger charge is 2.09. The summed E-state index contributed by atoms with van der Waals surface area (Å²) >= 11 is 0. The molecule has 0 aliphatic carbocycles. The van der Waals surface area contributed by atoms with Gasteiger partial charge in [0.15, 0.2) is 0 Å². The van der Waals surface area contributed by atoms with E-state index in [1.807, 2.05) is 0 Å². The first kappa shape index (κ1) is 13.3. The molecule has 1 aromatic carbocycles. The molecule has 0 spiro atoms. The Morgan fingerprint density at radius 3 is 2.83 bits per heavy atom. The molecule has 0 aromatic heterocycles. The molecule has 2 nitrogen and oxygen atoms in total. The molecule has 1 N–H and O–H groups in total. The first-order valence-corrected chi connectivity index (χ1v) is 6.94. The van der Waals surface area contributed by atoms with Gasteiger partial charge in [-0.3, -0.25) is 4.90 Å². The lowest BCUT2D eigenvalue weighted by molar-refractivity contribution is 0.286. The molecule has 0 saturated carbocycles. The Hall–Kier alpha value is -1.12. The van der Waals surface area contributed by atoms with Crippen molar-refractivity contribution in [2.75, 3.05) is 19.6 Å². The van der Waals surface area contributed by atoms with Crippen LogP contribution in [0.1, 0.15) is 31.4 Å². The van der Waals surface area contributed by atoms with Gasteiger partial charge in [-0.05, 0) is 31.0 Å². The zero-order valence-electron chi connectivity index (χ0n) is 11.6. The van der Waals surface area contributed by atoms with Crippen LogP contribution < -0.4 is 5.32 Å². The summed E-state index contributed by atoms with van der Waals surface area (Å²) in [5, 5.41) is 3.38. The van der Waals surface area contributed by atoms with Crippen molar-refractivity contribution in [1.29, 1.82) is 0 Å². The van der Waals surface area contributed by atoms with E-state index < -0.39 is 0 Å². The Morgan fingerprint density at radius 2 is 2.11 bits per heavy atom. The van der Waals surface area contributed by atoms with Crippen molar-refractivity contribution in [2.45, 2.75) is 33.4 Å². The molecule has 0 saturated heterocycles. The zero-order valence-corrected chi connectivity index (χ0v) is 11.6. The maximum atomic E-state index is 3.38. The summed E-state index contributed by atoms with van der Waals surface area (Å²) in [5.41, 5.74) is 4.35. The molecule has 1 aliphatic heterocycles. The topological polar surface area (TPSA) is 15.3 Å². The molecule has 18 heavy (non-hydrogen) atoms. The molecule has 2 rings (SSSR count). The van der Waals surface area contributed by atoms with Gasteiger partial charge in [-0.15, -0.1) is 0 Å². The van der Waals surface area contributed by atoms with Crippen LogP contribution in [0.5, 0.6) is 0 Å². The minimum absolute atomic E-state index is 0.976. The maximum Gasteiger partial charge on any atom is 0.0237 e. The molecular formula is C16H24N2. The third-order valence-electron chi connectivity index (χ3n) is 3.50. The number of nitrogens with zero attached hydrogens (tertiary/aromatic N) is 1. The van der Waals surface area contributed by atoms with Gasteiger partial charge in [-0.25, -0.2) is 0 Å². The molecule has 1 heterocycles.